The molecule has 1 unspecified atom stereocenters. The van der Waals surface area contributed by atoms with Gasteiger partial charge in [-0.15, -0.1) is 0 Å². The molecule has 0 aliphatic rings. The van der Waals surface area contributed by atoms with Gasteiger partial charge in [0, 0.05) is 6.54 Å². The minimum absolute atomic E-state index is 0.0515. The summed E-state index contributed by atoms with van der Waals surface area (Å²) >= 11 is 7.32. The van der Waals surface area contributed by atoms with Crippen LogP contribution in [0, 0.1) is 12.7 Å². The summed E-state index contributed by atoms with van der Waals surface area (Å²) in [7, 11) is 0. The van der Waals surface area contributed by atoms with Gasteiger partial charge in [0.15, 0.2) is 0 Å². The molecule has 2 aromatic rings. The number of rotatable bonds is 4. The standard InChI is InChI=1S/C14H13ClFNO2S/c1-8-4-10(11(15)5-12(8)16)14(19)17-6-13(18)9-2-3-20-7-9/h2-5,7,13,18H,6H2,1H3,(H,17,19). The van der Waals surface area contributed by atoms with Crippen LogP contribution in [-0.2, 0) is 0 Å². The van der Waals surface area contributed by atoms with E-state index >= 15 is 0 Å². The van der Waals surface area contributed by atoms with Gasteiger partial charge in [-0.3, -0.25) is 4.79 Å². The second-order valence-electron chi connectivity index (χ2n) is 4.36. The third-order valence-corrected chi connectivity index (χ3v) is 3.89. The highest BCUT2D eigenvalue weighted by Gasteiger charge is 2.15. The highest BCUT2D eigenvalue weighted by Crippen LogP contribution is 2.21. The van der Waals surface area contributed by atoms with Gasteiger partial charge in [-0.1, -0.05) is 11.6 Å². The van der Waals surface area contributed by atoms with Crippen LogP contribution in [0.2, 0.25) is 5.02 Å². The lowest BCUT2D eigenvalue weighted by atomic mass is 10.1. The van der Waals surface area contributed by atoms with Crippen molar-refractivity contribution >= 4 is 28.8 Å². The van der Waals surface area contributed by atoms with Gasteiger partial charge in [-0.25, -0.2) is 4.39 Å². The van der Waals surface area contributed by atoms with Crippen LogP contribution in [0.25, 0.3) is 0 Å². The van der Waals surface area contributed by atoms with Gasteiger partial charge < -0.3 is 10.4 Å². The number of halogens is 2. The highest BCUT2D eigenvalue weighted by atomic mass is 35.5. The van der Waals surface area contributed by atoms with E-state index in [1.54, 1.807) is 13.0 Å². The number of hydrogen-bond donors (Lipinski definition) is 2. The molecule has 1 amide bonds. The van der Waals surface area contributed by atoms with Crippen LogP contribution < -0.4 is 5.32 Å². The van der Waals surface area contributed by atoms with Gasteiger partial charge in [-0.2, -0.15) is 11.3 Å². The molecule has 1 aromatic heterocycles. The van der Waals surface area contributed by atoms with Crippen molar-refractivity contribution in [3.63, 3.8) is 0 Å². The van der Waals surface area contributed by atoms with Gasteiger partial charge >= 0.3 is 0 Å². The summed E-state index contributed by atoms with van der Waals surface area (Å²) in [5.41, 5.74) is 1.29. The lowest BCUT2D eigenvalue weighted by Gasteiger charge is -2.12. The fourth-order valence-electron chi connectivity index (χ4n) is 1.70. The Balaban J connectivity index is 2.04. The van der Waals surface area contributed by atoms with Crippen LogP contribution in [0.3, 0.4) is 0 Å². The first-order valence-electron chi connectivity index (χ1n) is 5.93. The summed E-state index contributed by atoms with van der Waals surface area (Å²) in [5.74, 6) is -0.891. The average Bonchev–Trinajstić information content (AvgIpc) is 2.94. The third kappa shape index (κ3) is 3.36. The topological polar surface area (TPSA) is 49.3 Å². The van der Waals surface area contributed by atoms with Crippen LogP contribution in [0.5, 0.6) is 0 Å². The Morgan fingerprint density at radius 1 is 1.55 bits per heavy atom. The summed E-state index contributed by atoms with van der Waals surface area (Å²) in [6.45, 7) is 1.63. The minimum Gasteiger partial charge on any atom is -0.387 e. The molecule has 0 aliphatic carbocycles. The van der Waals surface area contributed by atoms with Gasteiger partial charge in [0.2, 0.25) is 0 Å². The van der Waals surface area contributed by atoms with Crippen molar-refractivity contribution in [3.8, 4) is 0 Å². The summed E-state index contributed by atoms with van der Waals surface area (Å²) in [6.07, 6.45) is -0.773. The maximum atomic E-state index is 13.3. The number of aliphatic hydroxyl groups is 1. The minimum atomic E-state index is -0.773. The molecule has 0 saturated heterocycles. The first-order valence-corrected chi connectivity index (χ1v) is 7.25. The van der Waals surface area contributed by atoms with Crippen molar-refractivity contribution in [3.05, 3.63) is 56.5 Å². The van der Waals surface area contributed by atoms with Gasteiger partial charge in [-0.05, 0) is 47.0 Å². The summed E-state index contributed by atoms with van der Waals surface area (Å²) in [5, 5.41) is 16.2. The molecule has 2 rings (SSSR count). The third-order valence-electron chi connectivity index (χ3n) is 2.88. The Hall–Kier alpha value is -1.43. The molecule has 106 valence electrons. The Morgan fingerprint density at radius 3 is 2.95 bits per heavy atom. The largest absolute Gasteiger partial charge is 0.387 e. The molecule has 0 saturated carbocycles. The van der Waals surface area contributed by atoms with Crippen LogP contribution in [0.1, 0.15) is 27.6 Å². The zero-order chi connectivity index (χ0) is 14.7. The molecule has 0 radical (unpaired) electrons. The Bertz CT molecular complexity index is 616. The first kappa shape index (κ1) is 15.0. The second kappa shape index (κ2) is 6.35. The molecule has 0 spiro atoms. The van der Waals surface area contributed by atoms with E-state index in [0.29, 0.717) is 5.56 Å². The SMILES string of the molecule is Cc1cc(C(=O)NCC(O)c2ccsc2)c(Cl)cc1F. The van der Waals surface area contributed by atoms with Crippen molar-refractivity contribution in [2.75, 3.05) is 6.54 Å². The summed E-state index contributed by atoms with van der Waals surface area (Å²) in [4.78, 5) is 12.0. The number of carbonyl (C=O) groups is 1. The molecule has 2 N–H and O–H groups in total. The summed E-state index contributed by atoms with van der Waals surface area (Å²) in [6, 6.07) is 4.29. The number of aliphatic hydroxyl groups excluding tert-OH is 1. The number of aryl methyl sites for hydroxylation is 1. The number of thiophene rings is 1. The van der Waals surface area contributed by atoms with Crippen LogP contribution >= 0.6 is 22.9 Å². The van der Waals surface area contributed by atoms with Gasteiger partial charge in [0.1, 0.15) is 5.82 Å². The first-order chi connectivity index (χ1) is 9.49. The van der Waals surface area contributed by atoms with E-state index in [0.717, 1.165) is 11.6 Å². The monoisotopic (exact) mass is 313 g/mol. The zero-order valence-electron chi connectivity index (χ0n) is 10.7. The van der Waals surface area contributed by atoms with E-state index in [-0.39, 0.29) is 17.1 Å². The maximum absolute atomic E-state index is 13.3. The van der Waals surface area contributed by atoms with Crippen molar-refractivity contribution in [1.29, 1.82) is 0 Å². The molecule has 1 heterocycles. The van der Waals surface area contributed by atoms with E-state index in [1.165, 1.54) is 17.4 Å². The lowest BCUT2D eigenvalue weighted by molar-refractivity contribution is 0.0916. The van der Waals surface area contributed by atoms with E-state index in [2.05, 4.69) is 5.32 Å². The molecule has 1 atom stereocenters. The molecule has 3 nitrogen and oxygen atoms in total. The Kier molecular flexibility index (Phi) is 4.75. The molecule has 0 fully saturated rings. The lowest BCUT2D eigenvalue weighted by Crippen LogP contribution is -2.28. The second-order valence-corrected chi connectivity index (χ2v) is 5.55. The van der Waals surface area contributed by atoms with Gasteiger partial charge in [0.25, 0.3) is 5.91 Å². The van der Waals surface area contributed by atoms with Crippen LogP contribution in [0.15, 0.2) is 29.0 Å². The Morgan fingerprint density at radius 2 is 2.30 bits per heavy atom. The van der Waals surface area contributed by atoms with Crippen LogP contribution in [-0.4, -0.2) is 17.6 Å². The van der Waals surface area contributed by atoms with E-state index in [1.807, 2.05) is 10.8 Å². The number of amides is 1. The predicted octanol–water partition coefficient (Wildman–Crippen LogP) is 3.31. The van der Waals surface area contributed by atoms with Crippen LogP contribution in [0.4, 0.5) is 4.39 Å². The number of nitrogens with one attached hydrogen (secondary N) is 1. The van der Waals surface area contributed by atoms with Gasteiger partial charge in [0.05, 0.1) is 16.7 Å². The number of benzene rings is 1. The highest BCUT2D eigenvalue weighted by molar-refractivity contribution is 7.07. The molecule has 20 heavy (non-hydrogen) atoms. The number of carbonyl (C=O) groups excluding carboxylic acids is 1. The molecule has 6 heteroatoms. The smallest absolute Gasteiger partial charge is 0.252 e. The Labute approximate surface area is 125 Å². The average molecular weight is 314 g/mol. The zero-order valence-corrected chi connectivity index (χ0v) is 12.3. The van der Waals surface area contributed by atoms with Crippen molar-refractivity contribution < 1.29 is 14.3 Å². The molecular weight excluding hydrogens is 301 g/mol. The fraction of sp³-hybridized carbons (Fsp3) is 0.214. The predicted molar refractivity (Wildman–Crippen MR) is 77.8 cm³/mol. The summed E-state index contributed by atoms with van der Waals surface area (Å²) < 4.78 is 13.3. The van der Waals surface area contributed by atoms with Crippen molar-refractivity contribution in [2.24, 2.45) is 0 Å². The quantitative estimate of drug-likeness (QED) is 0.910. The molecule has 1 aromatic carbocycles. The number of hydrogen-bond acceptors (Lipinski definition) is 3. The van der Waals surface area contributed by atoms with Crippen molar-refractivity contribution in [2.45, 2.75) is 13.0 Å². The van der Waals surface area contributed by atoms with Crippen molar-refractivity contribution in [1.82, 2.24) is 5.32 Å². The molecular formula is C14H13ClFNO2S. The van der Waals surface area contributed by atoms with E-state index < -0.39 is 17.8 Å². The fourth-order valence-corrected chi connectivity index (χ4v) is 2.64. The van der Waals surface area contributed by atoms with E-state index in [9.17, 15) is 14.3 Å². The molecule has 0 aliphatic heterocycles. The maximum Gasteiger partial charge on any atom is 0.252 e. The van der Waals surface area contributed by atoms with E-state index in [4.69, 9.17) is 11.6 Å². The molecule has 0 bridgehead atoms. The normalized spacial score (nSPS) is 12.2.